The largest absolute Gasteiger partial charge is 0.514 e. The van der Waals surface area contributed by atoms with Gasteiger partial charge >= 0.3 is 22.5 Å². The number of fused-ring (bicyclic) bond motifs is 1. The maximum atomic E-state index is 11.3. The van der Waals surface area contributed by atoms with Gasteiger partial charge in [-0.3, -0.25) is 20.2 Å². The minimum Gasteiger partial charge on any atom is -0.434 e. The molecule has 12 heteroatoms. The van der Waals surface area contributed by atoms with Gasteiger partial charge < -0.3 is 13.9 Å². The summed E-state index contributed by atoms with van der Waals surface area (Å²) in [4.78, 5) is 41.8. The zero-order valence-corrected chi connectivity index (χ0v) is 11.6. The summed E-state index contributed by atoms with van der Waals surface area (Å²) in [6.45, 7) is 1.36. The summed E-state index contributed by atoms with van der Waals surface area (Å²) in [5.41, 5.74) is -2.15. The topological polar surface area (TPSA) is 152 Å². The highest BCUT2D eigenvalue weighted by Gasteiger charge is 2.35. The molecule has 2 rings (SSSR count). The van der Waals surface area contributed by atoms with Crippen molar-refractivity contribution in [2.45, 2.75) is 6.92 Å². The maximum absolute atomic E-state index is 11.3. The third kappa shape index (κ3) is 2.71. The van der Waals surface area contributed by atoms with Crippen LogP contribution in [0.2, 0.25) is 0 Å². The van der Waals surface area contributed by atoms with Crippen LogP contribution in [0.25, 0.3) is 10.3 Å². The summed E-state index contributed by atoms with van der Waals surface area (Å²) < 4.78 is 13.4. The Balaban J connectivity index is 2.78. The number of nitrogens with zero attached hydrogens (tertiary/aromatic N) is 2. The molecule has 0 amide bonds. The molecule has 0 unspecified atom stereocenters. The lowest BCUT2D eigenvalue weighted by Gasteiger charge is -2.05. The molecular weight excluding hydrogens is 324 g/mol. The number of rotatable bonds is 4. The van der Waals surface area contributed by atoms with E-state index >= 15 is 0 Å². The molecule has 1 aromatic heterocycles. The van der Waals surface area contributed by atoms with Crippen LogP contribution in [-0.2, 0) is 4.74 Å². The van der Waals surface area contributed by atoms with Crippen LogP contribution < -0.4 is 9.68 Å². The molecule has 22 heavy (non-hydrogen) atoms. The second-order valence-corrected chi connectivity index (χ2v) is 4.60. The summed E-state index contributed by atoms with van der Waals surface area (Å²) in [5, 5.41) is 22.2. The van der Waals surface area contributed by atoms with Crippen molar-refractivity contribution in [3.63, 3.8) is 0 Å². The average Bonchev–Trinajstić information content (AvgIpc) is 2.77. The van der Waals surface area contributed by atoms with Crippen molar-refractivity contribution >= 4 is 39.1 Å². The quantitative estimate of drug-likeness (QED) is 0.355. The minimum absolute atomic E-state index is 0.0955. The fourth-order valence-corrected chi connectivity index (χ4v) is 2.36. The number of nitro benzene ring substituents is 2. The highest BCUT2D eigenvalue weighted by molar-refractivity contribution is 7.16. The summed E-state index contributed by atoms with van der Waals surface area (Å²) >= 11 is 0.364. The molecule has 0 saturated heterocycles. The van der Waals surface area contributed by atoms with Crippen LogP contribution in [0.5, 0.6) is 5.75 Å². The number of hydrogen-bond donors (Lipinski definition) is 0. The first kappa shape index (κ1) is 15.4. The molecule has 0 radical (unpaired) electrons. The zero-order valence-electron chi connectivity index (χ0n) is 10.8. The van der Waals surface area contributed by atoms with Gasteiger partial charge in [-0.2, -0.15) is 0 Å². The predicted molar refractivity (Wildman–Crippen MR) is 71.3 cm³/mol. The molecule has 116 valence electrons. The van der Waals surface area contributed by atoms with Crippen molar-refractivity contribution in [2.75, 3.05) is 6.61 Å². The van der Waals surface area contributed by atoms with E-state index in [-0.39, 0.29) is 16.9 Å². The van der Waals surface area contributed by atoms with Crippen molar-refractivity contribution in [1.82, 2.24) is 0 Å². The van der Waals surface area contributed by atoms with E-state index in [1.54, 1.807) is 0 Å². The molecule has 0 bridgehead atoms. The second kappa shape index (κ2) is 5.77. The molecule has 0 fully saturated rings. The number of hydrogen-bond acceptors (Lipinski definition) is 10. The molecule has 11 nitrogen and oxygen atoms in total. The van der Waals surface area contributed by atoms with E-state index in [4.69, 9.17) is 0 Å². The van der Waals surface area contributed by atoms with Gasteiger partial charge in [0.25, 0.3) is 5.75 Å². The lowest BCUT2D eigenvalue weighted by Crippen LogP contribution is -2.12. The Morgan fingerprint density at radius 3 is 2.59 bits per heavy atom. The number of carbonyl (C=O) groups excluding carboxylic acids is 1. The van der Waals surface area contributed by atoms with Gasteiger partial charge in [0.2, 0.25) is 0 Å². The lowest BCUT2D eigenvalue weighted by atomic mass is 10.2. The molecule has 0 aliphatic carbocycles. The Morgan fingerprint density at radius 1 is 1.36 bits per heavy atom. The van der Waals surface area contributed by atoms with Gasteiger partial charge in [0.1, 0.15) is 0 Å². The van der Waals surface area contributed by atoms with E-state index in [0.29, 0.717) is 11.3 Å². The van der Waals surface area contributed by atoms with E-state index in [2.05, 4.69) is 13.9 Å². The third-order valence-electron chi connectivity index (χ3n) is 2.36. The Morgan fingerprint density at radius 2 is 2.05 bits per heavy atom. The molecule has 1 heterocycles. The van der Waals surface area contributed by atoms with E-state index in [1.165, 1.54) is 6.92 Å². The molecule has 0 aliphatic rings. The molecule has 0 spiro atoms. The van der Waals surface area contributed by atoms with Gasteiger partial charge in [-0.25, -0.2) is 9.59 Å². The average molecular weight is 330 g/mol. The number of ether oxygens (including phenoxy) is 2. The first-order valence-electron chi connectivity index (χ1n) is 5.59. The molecule has 0 saturated carbocycles. The molecule has 0 N–H and O–H groups in total. The van der Waals surface area contributed by atoms with Gasteiger partial charge in [-0.1, -0.05) is 0 Å². The minimum atomic E-state index is -1.34. The maximum Gasteiger partial charge on any atom is 0.514 e. The smallest absolute Gasteiger partial charge is 0.434 e. The van der Waals surface area contributed by atoms with Crippen molar-refractivity contribution < 1.29 is 28.5 Å². The molecular formula is C10H6N2O9S. The van der Waals surface area contributed by atoms with Crippen molar-refractivity contribution in [1.29, 1.82) is 0 Å². The Labute approximate surface area is 124 Å². The van der Waals surface area contributed by atoms with Gasteiger partial charge in [0, 0.05) is 0 Å². The SMILES string of the molecule is CCOC(=O)Oc1c([N+](=O)[O-])cc2oc(=O)sc2c1[N+](=O)[O-]. The Bertz CT molecular complexity index is 837. The number of nitro groups is 2. The van der Waals surface area contributed by atoms with Crippen molar-refractivity contribution in [3.05, 3.63) is 36.0 Å². The monoisotopic (exact) mass is 330 g/mol. The second-order valence-electron chi connectivity index (χ2n) is 3.65. The van der Waals surface area contributed by atoms with E-state index in [0.717, 1.165) is 6.07 Å². The normalized spacial score (nSPS) is 10.4. The van der Waals surface area contributed by atoms with Crippen LogP contribution in [0.3, 0.4) is 0 Å². The first-order chi connectivity index (χ1) is 10.3. The fraction of sp³-hybridized carbons (Fsp3) is 0.200. The summed E-state index contributed by atoms with van der Waals surface area (Å²) in [5.74, 6) is -0.919. The molecule has 0 atom stereocenters. The number of benzene rings is 1. The summed E-state index contributed by atoms with van der Waals surface area (Å²) in [7, 11) is 0. The van der Waals surface area contributed by atoms with Crippen molar-refractivity contribution in [2.24, 2.45) is 0 Å². The highest BCUT2D eigenvalue weighted by atomic mass is 32.1. The zero-order chi connectivity index (χ0) is 16.4. The van der Waals surface area contributed by atoms with E-state index in [9.17, 15) is 29.8 Å². The van der Waals surface area contributed by atoms with Gasteiger partial charge in [0.15, 0.2) is 10.3 Å². The van der Waals surface area contributed by atoms with Crippen LogP contribution >= 0.6 is 11.3 Å². The predicted octanol–water partition coefficient (Wildman–Crippen LogP) is 2.21. The Hall–Kier alpha value is -3.02. The van der Waals surface area contributed by atoms with Gasteiger partial charge in [-0.05, 0) is 18.3 Å². The summed E-state index contributed by atoms with van der Waals surface area (Å²) in [6, 6.07) is 0.773. The van der Waals surface area contributed by atoms with Gasteiger partial charge in [0.05, 0.1) is 22.5 Å². The Kier molecular flexibility index (Phi) is 4.03. The van der Waals surface area contributed by atoms with Crippen LogP contribution in [0, 0.1) is 20.2 Å². The van der Waals surface area contributed by atoms with Gasteiger partial charge in [-0.15, -0.1) is 0 Å². The molecule has 0 aliphatic heterocycles. The van der Waals surface area contributed by atoms with Crippen LogP contribution in [-0.4, -0.2) is 22.6 Å². The lowest BCUT2D eigenvalue weighted by molar-refractivity contribution is -0.394. The first-order valence-corrected chi connectivity index (χ1v) is 6.40. The number of carbonyl (C=O) groups is 1. The standard InChI is InChI=1S/C10H6N2O9S/c1-2-19-9(13)21-7-4(11(15)16)3-5-8(6(7)12(17)18)22-10(14)20-5/h3H,2H2,1H3. The highest BCUT2D eigenvalue weighted by Crippen LogP contribution is 2.44. The van der Waals surface area contributed by atoms with Crippen LogP contribution in [0.15, 0.2) is 15.3 Å². The van der Waals surface area contributed by atoms with Crippen molar-refractivity contribution in [3.8, 4) is 5.75 Å². The van der Waals surface area contributed by atoms with E-state index < -0.39 is 38.1 Å². The molecule has 1 aromatic carbocycles. The fourth-order valence-electron chi connectivity index (χ4n) is 1.60. The summed E-state index contributed by atoms with van der Waals surface area (Å²) in [6.07, 6.45) is -1.34. The van der Waals surface area contributed by atoms with Crippen LogP contribution in [0.4, 0.5) is 16.2 Å². The van der Waals surface area contributed by atoms with Crippen LogP contribution in [0.1, 0.15) is 6.92 Å². The van der Waals surface area contributed by atoms with E-state index in [1.807, 2.05) is 0 Å². The third-order valence-corrected chi connectivity index (χ3v) is 3.21. The molecule has 2 aromatic rings.